The number of imidazole rings is 1. The molecule has 0 bridgehead atoms. The van der Waals surface area contributed by atoms with Crippen LogP contribution in [0.4, 0.5) is 0 Å². The van der Waals surface area contributed by atoms with Gasteiger partial charge in [-0.25, -0.2) is 4.98 Å². The van der Waals surface area contributed by atoms with Gasteiger partial charge in [-0.2, -0.15) is 0 Å². The number of amides is 1. The largest absolute Gasteiger partial charge is 0.497 e. The third-order valence-electron chi connectivity index (χ3n) is 6.80. The van der Waals surface area contributed by atoms with Crippen LogP contribution in [0, 0.1) is 11.8 Å². The number of benzene rings is 2. The Kier molecular flexibility index (Phi) is 4.95. The van der Waals surface area contributed by atoms with E-state index in [4.69, 9.17) is 4.74 Å². The number of hydrogen-bond donors (Lipinski definition) is 0. The van der Waals surface area contributed by atoms with E-state index >= 15 is 0 Å². The van der Waals surface area contributed by atoms with Crippen molar-refractivity contribution in [1.29, 1.82) is 0 Å². The van der Waals surface area contributed by atoms with E-state index < -0.39 is 0 Å². The summed E-state index contributed by atoms with van der Waals surface area (Å²) in [5, 5.41) is 0. The number of aryl methyl sites for hydroxylation is 1. The van der Waals surface area contributed by atoms with Gasteiger partial charge in [0.25, 0.3) is 0 Å². The molecule has 6 nitrogen and oxygen atoms in total. The maximum atomic E-state index is 13.0. The number of methoxy groups -OCH3 is 1. The second kappa shape index (κ2) is 7.76. The summed E-state index contributed by atoms with van der Waals surface area (Å²) in [6, 6.07) is 16.8. The average molecular weight is 405 g/mol. The van der Waals surface area contributed by atoms with Gasteiger partial charge in [-0.15, -0.1) is 0 Å². The fourth-order valence-electron chi connectivity index (χ4n) is 5.33. The van der Waals surface area contributed by atoms with Gasteiger partial charge in [-0.1, -0.05) is 24.3 Å². The molecule has 0 spiro atoms. The topological polar surface area (TPSA) is 50.6 Å². The van der Waals surface area contributed by atoms with Crippen LogP contribution < -0.4 is 4.74 Å². The van der Waals surface area contributed by atoms with Crippen molar-refractivity contribution in [2.24, 2.45) is 11.8 Å². The van der Waals surface area contributed by atoms with Crippen LogP contribution in [0.2, 0.25) is 0 Å². The molecule has 2 aliphatic heterocycles. The molecule has 0 saturated carbocycles. The van der Waals surface area contributed by atoms with Crippen LogP contribution in [-0.4, -0.2) is 59.0 Å². The average Bonchev–Trinajstić information content (AvgIpc) is 3.44. The summed E-state index contributed by atoms with van der Waals surface area (Å²) in [4.78, 5) is 21.9. The molecule has 6 heteroatoms. The summed E-state index contributed by atoms with van der Waals surface area (Å²) in [7, 11) is 3.89. The molecule has 2 fully saturated rings. The Bertz CT molecular complexity index is 1040. The van der Waals surface area contributed by atoms with Gasteiger partial charge in [0, 0.05) is 44.6 Å². The summed E-state index contributed by atoms with van der Waals surface area (Å²) in [6.07, 6.45) is 2.36. The number of carbonyl (C=O) groups excluding carboxylic acids is 1. The summed E-state index contributed by atoms with van der Waals surface area (Å²) < 4.78 is 7.39. The fraction of sp³-hybridized carbons (Fsp3) is 0.417. The molecule has 2 saturated heterocycles. The molecule has 0 unspecified atom stereocenters. The van der Waals surface area contributed by atoms with Gasteiger partial charge in [-0.3, -0.25) is 9.69 Å². The zero-order chi connectivity index (χ0) is 20.7. The number of fused-ring (bicyclic) bond motifs is 2. The van der Waals surface area contributed by atoms with E-state index in [2.05, 4.69) is 44.6 Å². The molecule has 0 radical (unpaired) electrons. The lowest BCUT2D eigenvalue weighted by molar-refractivity contribution is -0.130. The highest BCUT2D eigenvalue weighted by molar-refractivity contribution is 5.78. The predicted octanol–water partition coefficient (Wildman–Crippen LogP) is 3.20. The predicted molar refractivity (Wildman–Crippen MR) is 116 cm³/mol. The van der Waals surface area contributed by atoms with Crippen molar-refractivity contribution >= 4 is 16.9 Å². The van der Waals surface area contributed by atoms with Crippen molar-refractivity contribution in [1.82, 2.24) is 19.4 Å². The zero-order valence-corrected chi connectivity index (χ0v) is 17.6. The van der Waals surface area contributed by atoms with Gasteiger partial charge >= 0.3 is 0 Å². The smallest absolute Gasteiger partial charge is 0.224 e. The third-order valence-corrected chi connectivity index (χ3v) is 6.80. The van der Waals surface area contributed by atoms with Crippen molar-refractivity contribution in [3.05, 3.63) is 60.4 Å². The quantitative estimate of drug-likeness (QED) is 0.655. The maximum Gasteiger partial charge on any atom is 0.224 e. The van der Waals surface area contributed by atoms with Crippen molar-refractivity contribution in [3.63, 3.8) is 0 Å². The number of para-hydroxylation sites is 2. The first-order chi connectivity index (χ1) is 14.6. The number of likely N-dealkylation sites (tertiary alicyclic amines) is 2. The SMILES string of the molecule is COc1ccc([C@@H]2[C@@H]3CN(C(=O)CCn4cnc5ccccc54)C[C@@H]3CN2C)cc1. The number of nitrogens with zero attached hydrogens (tertiary/aromatic N) is 4. The molecule has 0 N–H and O–H groups in total. The van der Waals surface area contributed by atoms with Crippen molar-refractivity contribution < 1.29 is 9.53 Å². The Morgan fingerprint density at radius 2 is 1.90 bits per heavy atom. The molecule has 30 heavy (non-hydrogen) atoms. The number of ether oxygens (including phenoxy) is 1. The standard InChI is InChI=1S/C24H28N4O2/c1-26-13-18-14-28(15-20(18)24(26)17-7-9-19(30-2)10-8-17)23(29)11-12-27-16-25-21-5-3-4-6-22(21)27/h3-10,16,18,20,24H,11-15H2,1-2H3/t18-,20+,24+/m0/s1. The minimum Gasteiger partial charge on any atom is -0.497 e. The molecule has 2 aromatic carbocycles. The lowest BCUT2D eigenvalue weighted by Crippen LogP contribution is -2.33. The first-order valence-electron chi connectivity index (χ1n) is 10.7. The molecule has 1 amide bonds. The highest BCUT2D eigenvalue weighted by Crippen LogP contribution is 2.44. The lowest BCUT2D eigenvalue weighted by atomic mass is 9.89. The molecular formula is C24H28N4O2. The van der Waals surface area contributed by atoms with Crippen molar-refractivity contribution in [2.45, 2.75) is 19.0 Å². The normalized spacial score (nSPS) is 23.8. The van der Waals surface area contributed by atoms with E-state index in [-0.39, 0.29) is 5.91 Å². The van der Waals surface area contributed by atoms with E-state index in [1.54, 1.807) is 7.11 Å². The Balaban J connectivity index is 1.25. The molecule has 5 rings (SSSR count). The van der Waals surface area contributed by atoms with E-state index in [1.807, 2.05) is 36.7 Å². The van der Waals surface area contributed by atoms with Crippen LogP contribution in [0.1, 0.15) is 18.0 Å². The van der Waals surface area contributed by atoms with Crippen LogP contribution in [-0.2, 0) is 11.3 Å². The summed E-state index contributed by atoms with van der Waals surface area (Å²) in [5.74, 6) is 2.16. The van der Waals surface area contributed by atoms with E-state index in [1.165, 1.54) is 5.56 Å². The van der Waals surface area contributed by atoms with E-state index in [9.17, 15) is 4.79 Å². The Morgan fingerprint density at radius 1 is 1.10 bits per heavy atom. The molecular weight excluding hydrogens is 376 g/mol. The molecule has 3 heterocycles. The van der Waals surface area contributed by atoms with Crippen molar-refractivity contribution in [2.75, 3.05) is 33.8 Å². The molecule has 2 aliphatic rings. The van der Waals surface area contributed by atoms with Gasteiger partial charge < -0.3 is 14.2 Å². The Hall–Kier alpha value is -2.86. The Morgan fingerprint density at radius 3 is 2.70 bits per heavy atom. The molecule has 156 valence electrons. The zero-order valence-electron chi connectivity index (χ0n) is 17.6. The summed E-state index contributed by atoms with van der Waals surface area (Å²) >= 11 is 0. The summed E-state index contributed by atoms with van der Waals surface area (Å²) in [6.45, 7) is 3.42. The second-order valence-corrected chi connectivity index (χ2v) is 8.56. The number of aromatic nitrogens is 2. The fourth-order valence-corrected chi connectivity index (χ4v) is 5.33. The number of hydrogen-bond acceptors (Lipinski definition) is 4. The van der Waals surface area contributed by atoms with Gasteiger partial charge in [0.05, 0.1) is 24.5 Å². The van der Waals surface area contributed by atoms with Crippen LogP contribution in [0.25, 0.3) is 11.0 Å². The number of carbonyl (C=O) groups is 1. The van der Waals surface area contributed by atoms with E-state index in [0.29, 0.717) is 30.8 Å². The van der Waals surface area contributed by atoms with Gasteiger partial charge in [0.15, 0.2) is 0 Å². The second-order valence-electron chi connectivity index (χ2n) is 8.56. The van der Waals surface area contributed by atoms with Crippen LogP contribution in [0.5, 0.6) is 5.75 Å². The maximum absolute atomic E-state index is 13.0. The lowest BCUT2D eigenvalue weighted by Gasteiger charge is -2.27. The highest BCUT2D eigenvalue weighted by Gasteiger charge is 2.47. The van der Waals surface area contributed by atoms with Gasteiger partial charge in [0.2, 0.25) is 5.91 Å². The third kappa shape index (κ3) is 3.35. The summed E-state index contributed by atoms with van der Waals surface area (Å²) in [5.41, 5.74) is 3.38. The van der Waals surface area contributed by atoms with Crippen LogP contribution in [0.15, 0.2) is 54.9 Å². The molecule has 3 atom stereocenters. The van der Waals surface area contributed by atoms with E-state index in [0.717, 1.165) is 36.4 Å². The van der Waals surface area contributed by atoms with Gasteiger partial charge in [0.1, 0.15) is 5.75 Å². The first kappa shape index (κ1) is 19.1. The van der Waals surface area contributed by atoms with Crippen molar-refractivity contribution in [3.8, 4) is 5.75 Å². The monoisotopic (exact) mass is 404 g/mol. The number of rotatable bonds is 5. The Labute approximate surface area is 177 Å². The van der Waals surface area contributed by atoms with Gasteiger partial charge in [-0.05, 0) is 42.8 Å². The minimum absolute atomic E-state index is 0.248. The molecule has 3 aromatic rings. The molecule has 1 aromatic heterocycles. The van der Waals surface area contributed by atoms with Crippen LogP contribution in [0.3, 0.4) is 0 Å². The molecule has 0 aliphatic carbocycles. The van der Waals surface area contributed by atoms with Crippen LogP contribution >= 0.6 is 0 Å². The first-order valence-corrected chi connectivity index (χ1v) is 10.7. The highest BCUT2D eigenvalue weighted by atomic mass is 16.5. The minimum atomic E-state index is 0.248.